The molecule has 2 unspecified atom stereocenters. The Kier molecular flexibility index (Phi) is 4.94. The quantitative estimate of drug-likeness (QED) is 0.496. The molecule has 0 bridgehead atoms. The van der Waals surface area contributed by atoms with E-state index < -0.39 is 21.6 Å². The van der Waals surface area contributed by atoms with Crippen molar-refractivity contribution in [2.24, 2.45) is 0 Å². The van der Waals surface area contributed by atoms with Gasteiger partial charge in [-0.1, -0.05) is 6.92 Å². The van der Waals surface area contributed by atoms with Crippen molar-refractivity contribution in [3.63, 3.8) is 0 Å². The van der Waals surface area contributed by atoms with Gasteiger partial charge in [0, 0.05) is 39.3 Å². The molecule has 0 aliphatic rings. The highest BCUT2D eigenvalue weighted by atomic mass is 32.2. The first-order chi connectivity index (χ1) is 13.7. The maximum atomic E-state index is 13.1. The highest BCUT2D eigenvalue weighted by Crippen LogP contribution is 2.34. The van der Waals surface area contributed by atoms with E-state index in [2.05, 4.69) is 27.7 Å². The van der Waals surface area contributed by atoms with Gasteiger partial charge < -0.3 is 4.40 Å². The maximum Gasteiger partial charge on any atom is 0.173 e. The number of fused-ring (bicyclic) bond motifs is 2. The Labute approximate surface area is 174 Å². The average Bonchev–Trinajstić information content (AvgIpc) is 3.30. The summed E-state index contributed by atoms with van der Waals surface area (Å²) in [7, 11) is -2.29. The van der Waals surface area contributed by atoms with Crippen molar-refractivity contribution in [3.8, 4) is 5.82 Å². The number of rotatable bonds is 4. The molecule has 8 heteroatoms. The Hall–Kier alpha value is -2.32. The van der Waals surface area contributed by atoms with Crippen LogP contribution < -0.4 is 0 Å². The van der Waals surface area contributed by atoms with Crippen LogP contribution in [0, 0.1) is 27.7 Å². The van der Waals surface area contributed by atoms with Gasteiger partial charge in [-0.25, -0.2) is 9.67 Å². The summed E-state index contributed by atoms with van der Waals surface area (Å²) in [5.74, 6) is 1.10. The first kappa shape index (κ1) is 20.0. The number of hydrogen-bond donors (Lipinski definition) is 0. The van der Waals surface area contributed by atoms with Crippen molar-refractivity contribution in [2.45, 2.75) is 44.5 Å². The highest BCUT2D eigenvalue weighted by molar-refractivity contribution is 7.85. The Balaban J connectivity index is 2.07. The van der Waals surface area contributed by atoms with Crippen LogP contribution in [0.15, 0.2) is 34.4 Å². The number of imidazole rings is 1. The van der Waals surface area contributed by atoms with E-state index in [0.717, 1.165) is 26.9 Å². The summed E-state index contributed by atoms with van der Waals surface area (Å²) in [6, 6.07) is 3.63. The minimum atomic E-state index is -1.21. The molecule has 1 aromatic carbocycles. The normalized spacial score (nSPS) is 14.0. The lowest BCUT2D eigenvalue weighted by Gasteiger charge is -2.10. The minimum Gasteiger partial charge on any atom is -0.305 e. The zero-order valence-corrected chi connectivity index (χ0v) is 19.1. The van der Waals surface area contributed by atoms with E-state index in [-0.39, 0.29) is 0 Å². The van der Waals surface area contributed by atoms with Gasteiger partial charge in [0.05, 0.1) is 22.5 Å². The fourth-order valence-electron chi connectivity index (χ4n) is 3.66. The van der Waals surface area contributed by atoms with Crippen molar-refractivity contribution in [2.75, 3.05) is 12.0 Å². The van der Waals surface area contributed by atoms with E-state index in [4.69, 9.17) is 10.1 Å². The summed E-state index contributed by atoms with van der Waals surface area (Å²) in [5.41, 5.74) is 6.17. The Morgan fingerprint density at radius 1 is 1.03 bits per heavy atom. The number of benzene rings is 1. The number of hydrogen-bond acceptors (Lipinski definition) is 4. The highest BCUT2D eigenvalue weighted by Gasteiger charge is 2.24. The number of nitrogens with zero attached hydrogens (tertiary/aromatic N) is 4. The topological polar surface area (TPSA) is 69.3 Å². The largest absolute Gasteiger partial charge is 0.305 e. The third-order valence-electron chi connectivity index (χ3n) is 5.71. The van der Waals surface area contributed by atoms with Crippen LogP contribution in [0.3, 0.4) is 0 Å². The van der Waals surface area contributed by atoms with E-state index in [0.29, 0.717) is 22.2 Å². The van der Waals surface area contributed by atoms with Gasteiger partial charge in [-0.2, -0.15) is 5.10 Å². The molecule has 0 spiro atoms. The second-order valence-corrected chi connectivity index (χ2v) is 10.3. The predicted octanol–water partition coefficient (Wildman–Crippen LogP) is 3.77. The maximum absolute atomic E-state index is 13.1. The molecule has 6 nitrogen and oxygen atoms in total. The van der Waals surface area contributed by atoms with Crippen molar-refractivity contribution < 1.29 is 8.42 Å². The zero-order valence-electron chi connectivity index (χ0n) is 17.4. The van der Waals surface area contributed by atoms with Gasteiger partial charge in [-0.3, -0.25) is 8.42 Å². The van der Waals surface area contributed by atoms with Crippen molar-refractivity contribution in [1.82, 2.24) is 19.2 Å². The van der Waals surface area contributed by atoms with Crippen LogP contribution >= 0.6 is 0 Å². The molecule has 0 N–H and O–H groups in total. The lowest BCUT2D eigenvalue weighted by molar-refractivity contribution is 0.673. The summed E-state index contributed by atoms with van der Waals surface area (Å²) in [5, 5.41) is 6.50. The molecule has 3 heterocycles. The van der Waals surface area contributed by atoms with Crippen LogP contribution in [0.2, 0.25) is 0 Å². The molecule has 0 aliphatic carbocycles. The standard InChI is InChI=1S/C21H24N4O2S2/c1-7-29(27)21-19-14(4)12(2)13(3)15(5)20(19)23-25(21)18-11-24-9-8-16(28(6)26)10-17(24)22-18/h8-11H,7H2,1-6H3. The molecule has 4 rings (SSSR count). The zero-order chi connectivity index (χ0) is 21.0. The van der Waals surface area contributed by atoms with Crippen LogP contribution in [-0.2, 0) is 21.6 Å². The van der Waals surface area contributed by atoms with Crippen molar-refractivity contribution in [3.05, 3.63) is 46.8 Å². The van der Waals surface area contributed by atoms with E-state index >= 15 is 0 Å². The molecule has 0 radical (unpaired) electrons. The molecular weight excluding hydrogens is 404 g/mol. The van der Waals surface area contributed by atoms with Crippen molar-refractivity contribution in [1.29, 1.82) is 0 Å². The van der Waals surface area contributed by atoms with Crippen molar-refractivity contribution >= 4 is 38.1 Å². The van der Waals surface area contributed by atoms with Gasteiger partial charge in [-0.15, -0.1) is 0 Å². The predicted molar refractivity (Wildman–Crippen MR) is 118 cm³/mol. The van der Waals surface area contributed by atoms with Gasteiger partial charge in [0.1, 0.15) is 10.7 Å². The molecule has 0 saturated carbocycles. The third kappa shape index (κ3) is 3.05. The second kappa shape index (κ2) is 7.18. The van der Waals surface area contributed by atoms with Gasteiger partial charge in [0.15, 0.2) is 5.82 Å². The SMILES string of the molecule is CCS(=O)c1c2c(C)c(C)c(C)c(C)c2nn1-c1cn2ccc(S(C)=O)cc2n1. The smallest absolute Gasteiger partial charge is 0.173 e. The van der Waals surface area contributed by atoms with Crippen LogP contribution in [-0.4, -0.2) is 39.6 Å². The lowest BCUT2D eigenvalue weighted by atomic mass is 9.96. The van der Waals surface area contributed by atoms with Gasteiger partial charge in [0.2, 0.25) is 0 Å². The van der Waals surface area contributed by atoms with E-state index in [9.17, 15) is 8.42 Å². The average molecular weight is 429 g/mol. The molecule has 29 heavy (non-hydrogen) atoms. The van der Waals surface area contributed by atoms with Crippen LogP contribution in [0.1, 0.15) is 29.2 Å². The lowest BCUT2D eigenvalue weighted by Crippen LogP contribution is -2.06. The third-order valence-corrected chi connectivity index (χ3v) is 7.96. The summed E-state index contributed by atoms with van der Waals surface area (Å²) in [6.45, 7) is 10.2. The minimum absolute atomic E-state index is 0.499. The summed E-state index contributed by atoms with van der Waals surface area (Å²) in [4.78, 5) is 5.42. The first-order valence-corrected chi connectivity index (χ1v) is 12.3. The van der Waals surface area contributed by atoms with Gasteiger partial charge >= 0.3 is 0 Å². The summed E-state index contributed by atoms with van der Waals surface area (Å²) < 4.78 is 28.5. The van der Waals surface area contributed by atoms with Gasteiger partial charge in [-0.05, 0) is 62.1 Å². The van der Waals surface area contributed by atoms with Crippen LogP contribution in [0.4, 0.5) is 0 Å². The monoisotopic (exact) mass is 428 g/mol. The number of aromatic nitrogens is 4. The molecule has 0 amide bonds. The van der Waals surface area contributed by atoms with E-state index in [1.54, 1.807) is 10.9 Å². The fourth-order valence-corrected chi connectivity index (χ4v) is 5.27. The molecule has 4 aromatic rings. The number of aryl methyl sites for hydroxylation is 2. The molecule has 0 aliphatic heterocycles. The Morgan fingerprint density at radius 2 is 1.72 bits per heavy atom. The molecular formula is C21H24N4O2S2. The van der Waals surface area contributed by atoms with E-state index in [1.165, 1.54) is 11.1 Å². The molecule has 2 atom stereocenters. The molecule has 0 fully saturated rings. The molecule has 152 valence electrons. The van der Waals surface area contributed by atoms with Gasteiger partial charge in [0.25, 0.3) is 0 Å². The van der Waals surface area contributed by atoms with E-state index in [1.807, 2.05) is 35.9 Å². The summed E-state index contributed by atoms with van der Waals surface area (Å²) >= 11 is 0. The molecule has 0 saturated heterocycles. The molecule has 3 aromatic heterocycles. The first-order valence-electron chi connectivity index (χ1n) is 9.44. The van der Waals surface area contributed by atoms with Crippen LogP contribution in [0.5, 0.6) is 0 Å². The van der Waals surface area contributed by atoms with Crippen LogP contribution in [0.25, 0.3) is 22.4 Å². The second-order valence-electron chi connectivity index (χ2n) is 7.26. The Morgan fingerprint density at radius 3 is 2.38 bits per heavy atom. The fraction of sp³-hybridized carbons (Fsp3) is 0.333. The number of pyridine rings is 1. The Bertz CT molecular complexity index is 1330. The summed E-state index contributed by atoms with van der Waals surface area (Å²) in [6.07, 6.45) is 5.35.